The number of pyridine rings is 1. The van der Waals surface area contributed by atoms with Crippen LogP contribution >= 0.6 is 0 Å². The van der Waals surface area contributed by atoms with Crippen molar-refractivity contribution in [2.75, 3.05) is 20.5 Å². The lowest BCUT2D eigenvalue weighted by Gasteiger charge is -2.33. The number of benzene rings is 1. The van der Waals surface area contributed by atoms with Gasteiger partial charge in [-0.05, 0) is 45.7 Å². The van der Waals surface area contributed by atoms with E-state index >= 15 is 0 Å². The molecule has 1 aromatic carbocycles. The van der Waals surface area contributed by atoms with Crippen LogP contribution in [0.25, 0.3) is 0 Å². The summed E-state index contributed by atoms with van der Waals surface area (Å²) in [7, 11) is 1.39. The molecule has 0 spiro atoms. The van der Waals surface area contributed by atoms with Gasteiger partial charge >= 0.3 is 11.9 Å². The Morgan fingerprint density at radius 3 is 2.38 bits per heavy atom. The van der Waals surface area contributed by atoms with Gasteiger partial charge in [0.15, 0.2) is 23.3 Å². The third kappa shape index (κ3) is 9.41. The molecule has 1 heterocycles. The highest BCUT2D eigenvalue weighted by Gasteiger charge is 2.38. The highest BCUT2D eigenvalue weighted by atomic mass is 16.7. The molecule has 1 N–H and O–H groups in total. The number of hydrogen-bond acceptors (Lipinski definition) is 10. The van der Waals surface area contributed by atoms with Gasteiger partial charge in [-0.25, -0.2) is 9.78 Å². The van der Waals surface area contributed by atoms with Crippen LogP contribution in [-0.2, 0) is 23.8 Å². The van der Waals surface area contributed by atoms with Crippen molar-refractivity contribution < 1.29 is 42.8 Å². The second kappa shape index (κ2) is 15.7. The molecule has 0 saturated heterocycles. The van der Waals surface area contributed by atoms with Gasteiger partial charge in [0.1, 0.15) is 17.4 Å². The molecule has 0 aliphatic carbocycles. The fraction of sp³-hybridized carbons (Fsp3) is 0.517. The van der Waals surface area contributed by atoms with Crippen LogP contribution in [0.2, 0.25) is 0 Å². The van der Waals surface area contributed by atoms with Crippen molar-refractivity contribution in [3.05, 3.63) is 48.3 Å². The highest BCUT2D eigenvalue weighted by Crippen LogP contribution is 2.30. The van der Waals surface area contributed by atoms with E-state index in [2.05, 4.69) is 10.3 Å². The predicted octanol–water partition coefficient (Wildman–Crippen LogP) is 4.08. The average molecular weight is 561 g/mol. The molecule has 2 aromatic rings. The Bertz CT molecular complexity index is 1110. The second-order valence-corrected chi connectivity index (χ2v) is 9.49. The Balaban J connectivity index is 2.20. The summed E-state index contributed by atoms with van der Waals surface area (Å²) in [5.41, 5.74) is -1.63. The van der Waals surface area contributed by atoms with E-state index < -0.39 is 42.4 Å². The summed E-state index contributed by atoms with van der Waals surface area (Å²) in [6.07, 6.45) is 1.16. The monoisotopic (exact) mass is 560 g/mol. The quantitative estimate of drug-likeness (QED) is 0.237. The summed E-state index contributed by atoms with van der Waals surface area (Å²) < 4.78 is 33.6. The first kappa shape index (κ1) is 32.4. The Labute approximate surface area is 235 Å². The number of methoxy groups -OCH3 is 1. The minimum atomic E-state index is -1.47. The minimum Gasteiger partial charge on any atom is -0.493 e. The lowest BCUT2D eigenvalue weighted by atomic mass is 10.0. The maximum Gasteiger partial charge on any atom is 0.331 e. The Morgan fingerprint density at radius 1 is 1.07 bits per heavy atom. The van der Waals surface area contributed by atoms with Gasteiger partial charge in [-0.2, -0.15) is 0 Å². The van der Waals surface area contributed by atoms with Gasteiger partial charge in [-0.15, -0.1) is 0 Å². The normalized spacial score (nSPS) is 13.4. The zero-order valence-electron chi connectivity index (χ0n) is 24.2. The first-order chi connectivity index (χ1) is 19.0. The van der Waals surface area contributed by atoms with Crippen LogP contribution in [0, 0.1) is 0 Å². The van der Waals surface area contributed by atoms with Crippen molar-refractivity contribution in [2.24, 2.45) is 0 Å². The zero-order valence-corrected chi connectivity index (χ0v) is 24.2. The third-order valence-corrected chi connectivity index (χ3v) is 5.78. The number of esters is 2. The third-order valence-electron chi connectivity index (χ3n) is 5.78. The number of hydrogen-bond donors (Lipinski definition) is 1. The van der Waals surface area contributed by atoms with E-state index in [1.165, 1.54) is 40.1 Å². The van der Waals surface area contributed by atoms with Gasteiger partial charge in [-0.1, -0.05) is 32.0 Å². The molecule has 3 atom stereocenters. The van der Waals surface area contributed by atoms with Crippen LogP contribution in [0.4, 0.5) is 0 Å². The molecular formula is C29H40N2O9. The molecule has 1 aromatic heterocycles. The maximum absolute atomic E-state index is 13.3. The van der Waals surface area contributed by atoms with E-state index in [9.17, 15) is 14.4 Å². The number of aromatic nitrogens is 1. The van der Waals surface area contributed by atoms with E-state index in [0.29, 0.717) is 18.8 Å². The van der Waals surface area contributed by atoms with E-state index in [1.54, 1.807) is 6.92 Å². The van der Waals surface area contributed by atoms with Crippen LogP contribution in [0.5, 0.6) is 17.2 Å². The molecule has 11 heteroatoms. The predicted molar refractivity (Wildman–Crippen MR) is 146 cm³/mol. The molecule has 220 valence electrons. The van der Waals surface area contributed by atoms with Crippen molar-refractivity contribution in [3.63, 3.8) is 0 Å². The van der Waals surface area contributed by atoms with E-state index in [0.717, 1.165) is 6.42 Å². The fourth-order valence-corrected chi connectivity index (χ4v) is 3.69. The summed E-state index contributed by atoms with van der Waals surface area (Å²) in [6, 6.07) is 10.7. The lowest BCUT2D eigenvalue weighted by molar-refractivity contribution is -0.164. The van der Waals surface area contributed by atoms with Gasteiger partial charge in [0.25, 0.3) is 5.91 Å². The second-order valence-electron chi connectivity index (χ2n) is 9.49. The molecule has 2 rings (SSSR count). The molecule has 0 bridgehead atoms. The van der Waals surface area contributed by atoms with Crippen LogP contribution in [0.1, 0.15) is 64.9 Å². The van der Waals surface area contributed by atoms with Crippen LogP contribution in [0.15, 0.2) is 42.6 Å². The van der Waals surface area contributed by atoms with E-state index in [4.69, 9.17) is 28.4 Å². The Kier molecular flexibility index (Phi) is 12.7. The number of rotatable bonds is 16. The smallest absolute Gasteiger partial charge is 0.331 e. The van der Waals surface area contributed by atoms with E-state index in [-0.39, 0.29) is 23.3 Å². The zero-order chi connectivity index (χ0) is 29.7. The molecule has 0 saturated carbocycles. The topological polar surface area (TPSA) is 132 Å². The summed E-state index contributed by atoms with van der Waals surface area (Å²) in [4.78, 5) is 41.7. The lowest BCUT2D eigenvalue weighted by Crippen LogP contribution is -2.53. The highest BCUT2D eigenvalue weighted by molar-refractivity contribution is 5.99. The number of nitrogens with zero attached hydrogens (tertiary/aromatic N) is 1. The summed E-state index contributed by atoms with van der Waals surface area (Å²) >= 11 is 0. The fourth-order valence-electron chi connectivity index (χ4n) is 3.69. The number of para-hydroxylation sites is 1. The SMILES string of the molecule is CCCO[C@@H](CC)[C@@H](Oc1ccccc1)[C@H](C)OC(=O)C(C)(C)NC(=O)c1nccc(OC)c1OCOC(C)=O. The van der Waals surface area contributed by atoms with Gasteiger partial charge in [0.05, 0.1) is 13.2 Å². The first-order valence-electron chi connectivity index (χ1n) is 13.2. The van der Waals surface area contributed by atoms with Crippen molar-refractivity contribution in [1.82, 2.24) is 10.3 Å². The number of carbonyl (C=O) groups is 3. The van der Waals surface area contributed by atoms with Crippen molar-refractivity contribution >= 4 is 17.8 Å². The number of carbonyl (C=O) groups excluding carboxylic acids is 3. The first-order valence-corrected chi connectivity index (χ1v) is 13.2. The summed E-state index contributed by atoms with van der Waals surface area (Å²) in [5.74, 6) is -1.21. The van der Waals surface area contributed by atoms with E-state index in [1.807, 2.05) is 44.2 Å². The van der Waals surface area contributed by atoms with Gasteiger partial charge in [-0.3, -0.25) is 9.59 Å². The van der Waals surface area contributed by atoms with Gasteiger partial charge in [0.2, 0.25) is 6.79 Å². The summed E-state index contributed by atoms with van der Waals surface area (Å²) in [5, 5.41) is 2.64. The largest absolute Gasteiger partial charge is 0.493 e. The van der Waals surface area contributed by atoms with Crippen molar-refractivity contribution in [1.29, 1.82) is 0 Å². The molecule has 0 aliphatic rings. The Hall–Kier alpha value is -3.86. The van der Waals surface area contributed by atoms with Gasteiger partial charge in [0, 0.05) is 25.8 Å². The standard InChI is InChI=1S/C29H40N2O9/c1-8-17-36-22(9-2)25(40-21-13-11-10-12-14-21)19(3)39-28(34)29(5,6)31-27(33)24-26(38-18-37-20(4)32)23(35-7)15-16-30-24/h10-16,19,22,25H,8-9,17-18H2,1-7H3,(H,31,33)/t19-,22-,25-/m0/s1. The number of ether oxygens (including phenoxy) is 6. The van der Waals surface area contributed by atoms with Gasteiger partial charge < -0.3 is 33.7 Å². The van der Waals surface area contributed by atoms with Crippen molar-refractivity contribution in [2.45, 2.75) is 78.2 Å². The van der Waals surface area contributed by atoms with Crippen LogP contribution in [-0.4, -0.2) is 67.2 Å². The minimum absolute atomic E-state index is 0.0449. The maximum atomic E-state index is 13.3. The molecule has 0 fully saturated rings. The summed E-state index contributed by atoms with van der Waals surface area (Å²) in [6.45, 7) is 10.0. The molecule has 0 aliphatic heterocycles. The number of nitrogens with one attached hydrogen (secondary N) is 1. The number of amides is 1. The molecule has 1 amide bonds. The average Bonchev–Trinajstić information content (AvgIpc) is 2.92. The molecule has 0 unspecified atom stereocenters. The molecule has 40 heavy (non-hydrogen) atoms. The molecular weight excluding hydrogens is 520 g/mol. The van der Waals surface area contributed by atoms with Crippen LogP contribution in [0.3, 0.4) is 0 Å². The molecule has 11 nitrogen and oxygen atoms in total. The van der Waals surface area contributed by atoms with Crippen LogP contribution < -0.4 is 19.5 Å². The van der Waals surface area contributed by atoms with Crippen molar-refractivity contribution in [3.8, 4) is 17.2 Å². The Morgan fingerprint density at radius 2 is 1.77 bits per heavy atom. The molecule has 0 radical (unpaired) electrons.